The van der Waals surface area contributed by atoms with Crippen LogP contribution < -0.4 is 10.6 Å². The van der Waals surface area contributed by atoms with Gasteiger partial charge in [-0.25, -0.2) is 0 Å². The molecule has 0 bridgehead atoms. The van der Waals surface area contributed by atoms with Gasteiger partial charge < -0.3 is 15.3 Å². The number of aliphatic hydroxyl groups is 1. The molecule has 1 aromatic carbocycles. The standard InChI is InChI=1S/C18H24N2O6S/c1-11(14(22)15-18(9-21,17(25)26)27-10-19-15)20-13(16(23)24)8-7-12-5-3-2-4-6-12/h2-6,11,13,15,19-21H,7-10H2,1H3,(H,23,24)(H,25,26)/t11-,13?,15?,18?/m0/s1. The van der Waals surface area contributed by atoms with Crippen molar-refractivity contribution < 1.29 is 29.7 Å². The minimum atomic E-state index is -1.66. The number of hydrogen-bond donors (Lipinski definition) is 5. The van der Waals surface area contributed by atoms with Crippen LogP contribution in [-0.4, -0.2) is 68.4 Å². The second-order valence-corrected chi connectivity index (χ2v) is 7.79. The number of aryl methyl sites for hydroxylation is 1. The van der Waals surface area contributed by atoms with Crippen LogP contribution in [0.1, 0.15) is 18.9 Å². The van der Waals surface area contributed by atoms with Crippen molar-refractivity contribution in [2.45, 2.75) is 42.6 Å². The average Bonchev–Trinajstić information content (AvgIpc) is 3.10. The van der Waals surface area contributed by atoms with Gasteiger partial charge in [0.15, 0.2) is 10.5 Å². The second-order valence-electron chi connectivity index (χ2n) is 6.48. The fourth-order valence-electron chi connectivity index (χ4n) is 3.09. The molecular formula is C18H24N2O6S. The SMILES string of the molecule is C[C@H](NC(CCc1ccccc1)C(=O)O)C(=O)C1NCSC1(CO)C(=O)O. The van der Waals surface area contributed by atoms with Gasteiger partial charge in [-0.05, 0) is 25.3 Å². The lowest BCUT2D eigenvalue weighted by Crippen LogP contribution is -2.59. The van der Waals surface area contributed by atoms with Crippen molar-refractivity contribution in [1.29, 1.82) is 0 Å². The summed E-state index contributed by atoms with van der Waals surface area (Å²) >= 11 is 0.959. The molecule has 5 N–H and O–H groups in total. The maximum Gasteiger partial charge on any atom is 0.324 e. The topological polar surface area (TPSA) is 136 Å². The van der Waals surface area contributed by atoms with E-state index in [2.05, 4.69) is 10.6 Å². The van der Waals surface area contributed by atoms with E-state index in [9.17, 15) is 29.7 Å². The molecule has 3 unspecified atom stereocenters. The van der Waals surface area contributed by atoms with Gasteiger partial charge in [0, 0.05) is 5.88 Å². The Labute approximate surface area is 161 Å². The molecule has 2 rings (SSSR count). The molecule has 1 heterocycles. The molecule has 0 spiro atoms. The van der Waals surface area contributed by atoms with E-state index in [1.165, 1.54) is 6.92 Å². The maximum atomic E-state index is 12.8. The zero-order valence-electron chi connectivity index (χ0n) is 14.9. The van der Waals surface area contributed by atoms with Crippen LogP contribution in [0.15, 0.2) is 30.3 Å². The van der Waals surface area contributed by atoms with Crippen molar-refractivity contribution in [1.82, 2.24) is 10.6 Å². The first-order valence-corrected chi connectivity index (χ1v) is 9.58. The van der Waals surface area contributed by atoms with Crippen LogP contribution in [0.3, 0.4) is 0 Å². The molecule has 1 aromatic rings. The Balaban J connectivity index is 2.03. The third-order valence-corrected chi connectivity index (χ3v) is 6.07. The third-order valence-electron chi connectivity index (χ3n) is 4.71. The van der Waals surface area contributed by atoms with Crippen LogP contribution in [0, 0.1) is 0 Å². The average molecular weight is 396 g/mol. The van der Waals surface area contributed by atoms with Crippen molar-refractivity contribution in [3.05, 3.63) is 35.9 Å². The molecule has 1 aliphatic rings. The summed E-state index contributed by atoms with van der Waals surface area (Å²) in [5.41, 5.74) is 0.989. The molecule has 9 heteroatoms. The lowest BCUT2D eigenvalue weighted by atomic mass is 9.92. The Morgan fingerprint density at radius 1 is 1.30 bits per heavy atom. The fraction of sp³-hybridized carbons (Fsp3) is 0.500. The number of carbonyl (C=O) groups excluding carboxylic acids is 1. The summed E-state index contributed by atoms with van der Waals surface area (Å²) in [6, 6.07) is 6.47. The van der Waals surface area contributed by atoms with Crippen molar-refractivity contribution in [2.75, 3.05) is 12.5 Å². The Hall–Kier alpha value is -1.94. The van der Waals surface area contributed by atoms with Crippen LogP contribution in [0.4, 0.5) is 0 Å². The molecule has 0 aromatic heterocycles. The lowest BCUT2D eigenvalue weighted by molar-refractivity contribution is -0.145. The van der Waals surface area contributed by atoms with Crippen LogP contribution >= 0.6 is 11.8 Å². The van der Waals surface area contributed by atoms with Gasteiger partial charge in [0.1, 0.15) is 6.04 Å². The second kappa shape index (κ2) is 9.32. The Kier molecular flexibility index (Phi) is 7.37. The quantitative estimate of drug-likeness (QED) is 0.373. The van der Waals surface area contributed by atoms with Crippen molar-refractivity contribution in [2.24, 2.45) is 0 Å². The van der Waals surface area contributed by atoms with Crippen molar-refractivity contribution >= 4 is 29.5 Å². The number of carboxylic acid groups (broad SMARTS) is 2. The van der Waals surface area contributed by atoms with Crippen LogP contribution in [0.2, 0.25) is 0 Å². The maximum absolute atomic E-state index is 12.8. The van der Waals surface area contributed by atoms with E-state index in [-0.39, 0.29) is 12.3 Å². The minimum absolute atomic E-state index is 0.215. The van der Waals surface area contributed by atoms with Gasteiger partial charge in [-0.15, -0.1) is 11.8 Å². The Morgan fingerprint density at radius 3 is 2.52 bits per heavy atom. The summed E-state index contributed by atoms with van der Waals surface area (Å²) in [4.78, 5) is 35.9. The molecule has 1 fully saturated rings. The predicted octanol–water partition coefficient (Wildman–Crippen LogP) is 0.0978. The summed E-state index contributed by atoms with van der Waals surface area (Å²) in [6.07, 6.45) is 0.812. The van der Waals surface area contributed by atoms with Crippen LogP contribution in [-0.2, 0) is 20.8 Å². The van der Waals surface area contributed by atoms with Crippen molar-refractivity contribution in [3.8, 4) is 0 Å². The predicted molar refractivity (Wildman–Crippen MR) is 101 cm³/mol. The van der Waals surface area contributed by atoms with Gasteiger partial charge in [0.25, 0.3) is 0 Å². The molecule has 4 atom stereocenters. The highest BCUT2D eigenvalue weighted by molar-refractivity contribution is 8.01. The molecule has 1 aliphatic heterocycles. The van der Waals surface area contributed by atoms with Gasteiger partial charge in [-0.2, -0.15) is 0 Å². The Morgan fingerprint density at radius 2 is 1.96 bits per heavy atom. The van der Waals surface area contributed by atoms with Gasteiger partial charge in [-0.1, -0.05) is 30.3 Å². The third kappa shape index (κ3) is 4.86. The number of Topliss-reactive ketones (excluding diaryl/α,β-unsaturated/α-hetero) is 1. The first kappa shape index (κ1) is 21.4. The smallest absolute Gasteiger partial charge is 0.324 e. The first-order valence-electron chi connectivity index (χ1n) is 8.60. The number of aliphatic carboxylic acids is 2. The molecule has 0 saturated carbocycles. The number of carboxylic acids is 2. The Bertz CT molecular complexity index is 686. The van der Waals surface area contributed by atoms with E-state index < -0.39 is 47.2 Å². The van der Waals surface area contributed by atoms with Gasteiger partial charge in [0.05, 0.1) is 18.7 Å². The molecular weight excluding hydrogens is 372 g/mol. The van der Waals surface area contributed by atoms with E-state index in [4.69, 9.17) is 0 Å². The largest absolute Gasteiger partial charge is 0.480 e. The molecule has 0 amide bonds. The molecule has 0 aliphatic carbocycles. The number of ketones is 1. The number of rotatable bonds is 10. The molecule has 1 saturated heterocycles. The molecule has 148 valence electrons. The number of benzene rings is 1. The summed E-state index contributed by atoms with van der Waals surface area (Å²) in [7, 11) is 0. The number of hydrogen-bond acceptors (Lipinski definition) is 7. The molecule has 0 radical (unpaired) electrons. The van der Waals surface area contributed by atoms with Crippen LogP contribution in [0.25, 0.3) is 0 Å². The first-order chi connectivity index (χ1) is 12.8. The van der Waals surface area contributed by atoms with Crippen LogP contribution in [0.5, 0.6) is 0 Å². The number of aliphatic hydroxyl groups excluding tert-OH is 1. The molecule has 8 nitrogen and oxygen atoms in total. The number of thioether (sulfide) groups is 1. The fourth-order valence-corrected chi connectivity index (χ4v) is 4.18. The normalized spacial score (nSPS) is 24.3. The summed E-state index contributed by atoms with van der Waals surface area (Å²) < 4.78 is -1.66. The monoisotopic (exact) mass is 396 g/mol. The van der Waals surface area contributed by atoms with Gasteiger partial charge in [-0.3, -0.25) is 25.0 Å². The highest BCUT2D eigenvalue weighted by Gasteiger charge is 2.54. The van der Waals surface area contributed by atoms with E-state index >= 15 is 0 Å². The summed E-state index contributed by atoms with van der Waals surface area (Å²) in [5.74, 6) is -2.62. The van der Waals surface area contributed by atoms with E-state index in [1.807, 2.05) is 30.3 Å². The highest BCUT2D eigenvalue weighted by atomic mass is 32.2. The zero-order valence-corrected chi connectivity index (χ0v) is 15.7. The number of nitrogens with one attached hydrogen (secondary N) is 2. The van der Waals surface area contributed by atoms with Crippen molar-refractivity contribution in [3.63, 3.8) is 0 Å². The minimum Gasteiger partial charge on any atom is -0.480 e. The van der Waals surface area contributed by atoms with E-state index in [0.29, 0.717) is 6.42 Å². The molecule has 27 heavy (non-hydrogen) atoms. The summed E-state index contributed by atoms with van der Waals surface area (Å²) in [5, 5.41) is 34.1. The number of carbonyl (C=O) groups is 3. The van der Waals surface area contributed by atoms with E-state index in [1.54, 1.807) is 0 Å². The summed E-state index contributed by atoms with van der Waals surface area (Å²) in [6.45, 7) is 0.814. The van der Waals surface area contributed by atoms with E-state index in [0.717, 1.165) is 17.3 Å². The lowest BCUT2D eigenvalue weighted by Gasteiger charge is -2.29. The van der Waals surface area contributed by atoms with Gasteiger partial charge in [0.2, 0.25) is 0 Å². The zero-order chi connectivity index (χ0) is 20.0. The highest BCUT2D eigenvalue weighted by Crippen LogP contribution is 2.35. The van der Waals surface area contributed by atoms with Gasteiger partial charge >= 0.3 is 11.9 Å².